The fraction of sp³-hybridized carbons (Fsp3) is 0.417. The van der Waals surface area contributed by atoms with Crippen LogP contribution in [0.5, 0.6) is 0 Å². The van der Waals surface area contributed by atoms with Gasteiger partial charge in [0, 0.05) is 31.7 Å². The fourth-order valence-corrected chi connectivity index (χ4v) is 4.89. The highest BCUT2D eigenvalue weighted by molar-refractivity contribution is 7.22. The molecule has 1 amide bonds. The van der Waals surface area contributed by atoms with Crippen molar-refractivity contribution in [2.45, 2.75) is 25.9 Å². The fourth-order valence-electron chi connectivity index (χ4n) is 3.84. The predicted molar refractivity (Wildman–Crippen MR) is 124 cm³/mol. The van der Waals surface area contributed by atoms with Gasteiger partial charge in [-0.25, -0.2) is 4.98 Å². The molecule has 1 aliphatic rings. The van der Waals surface area contributed by atoms with Gasteiger partial charge in [-0.15, -0.1) is 0 Å². The van der Waals surface area contributed by atoms with Gasteiger partial charge in [0.15, 0.2) is 5.13 Å². The number of aryl methyl sites for hydroxylation is 1. The second-order valence-electron chi connectivity index (χ2n) is 7.99. The van der Waals surface area contributed by atoms with Crippen molar-refractivity contribution in [2.75, 3.05) is 44.3 Å². The molecule has 1 aromatic heterocycles. The number of benzene rings is 2. The largest absolute Gasteiger partial charge is 0.416 e. The van der Waals surface area contributed by atoms with Crippen LogP contribution in [0.4, 0.5) is 18.3 Å². The lowest BCUT2D eigenvalue weighted by Crippen LogP contribution is -2.39. The molecular weight excluding hydrogens is 451 g/mol. The first-order chi connectivity index (χ1) is 15.8. The molecule has 0 aliphatic carbocycles. The van der Waals surface area contributed by atoms with E-state index < -0.39 is 17.6 Å². The van der Waals surface area contributed by atoms with Crippen LogP contribution in [0, 0.1) is 0 Å². The zero-order valence-electron chi connectivity index (χ0n) is 18.4. The SMILES string of the molecule is CCc1ccc2nc(N(CCCN3CCOCC3)C(=O)c3cccc(C(F)(F)F)c3)sc2c1. The summed E-state index contributed by atoms with van der Waals surface area (Å²) in [7, 11) is 0. The summed E-state index contributed by atoms with van der Waals surface area (Å²) in [4.78, 5) is 21.8. The summed E-state index contributed by atoms with van der Waals surface area (Å²) in [6.45, 7) is 6.26. The Hall–Kier alpha value is -2.49. The summed E-state index contributed by atoms with van der Waals surface area (Å²) in [5, 5.41) is 0.502. The van der Waals surface area contributed by atoms with Crippen molar-refractivity contribution in [1.29, 1.82) is 0 Å². The van der Waals surface area contributed by atoms with E-state index in [1.54, 1.807) is 0 Å². The van der Waals surface area contributed by atoms with Crippen LogP contribution in [-0.4, -0.2) is 55.2 Å². The number of rotatable bonds is 7. The van der Waals surface area contributed by atoms with Gasteiger partial charge in [0.1, 0.15) is 0 Å². The Labute approximate surface area is 194 Å². The maximum Gasteiger partial charge on any atom is 0.416 e. The molecule has 0 unspecified atom stereocenters. The molecular formula is C24H26F3N3O2S. The maximum atomic E-state index is 13.4. The number of nitrogens with zero attached hydrogens (tertiary/aromatic N) is 3. The van der Waals surface area contributed by atoms with E-state index in [-0.39, 0.29) is 5.56 Å². The lowest BCUT2D eigenvalue weighted by Gasteiger charge is -2.27. The highest BCUT2D eigenvalue weighted by Gasteiger charge is 2.32. The van der Waals surface area contributed by atoms with Crippen LogP contribution in [0.15, 0.2) is 42.5 Å². The van der Waals surface area contributed by atoms with Gasteiger partial charge in [0.25, 0.3) is 5.91 Å². The molecule has 3 aromatic rings. The van der Waals surface area contributed by atoms with E-state index in [2.05, 4.69) is 22.9 Å². The molecule has 0 radical (unpaired) electrons. The number of thiazole rings is 1. The number of carbonyl (C=O) groups is 1. The van der Waals surface area contributed by atoms with E-state index in [1.807, 2.05) is 12.1 Å². The van der Waals surface area contributed by atoms with Gasteiger partial charge in [0.05, 0.1) is 29.0 Å². The molecule has 2 heterocycles. The van der Waals surface area contributed by atoms with Crippen molar-refractivity contribution in [3.8, 4) is 0 Å². The van der Waals surface area contributed by atoms with Crippen molar-refractivity contribution in [3.05, 3.63) is 59.2 Å². The Balaban J connectivity index is 1.61. The van der Waals surface area contributed by atoms with E-state index in [9.17, 15) is 18.0 Å². The second kappa shape index (κ2) is 10.2. The molecule has 176 valence electrons. The van der Waals surface area contributed by atoms with Gasteiger partial charge in [-0.2, -0.15) is 13.2 Å². The molecule has 5 nitrogen and oxygen atoms in total. The number of anilines is 1. The van der Waals surface area contributed by atoms with Crippen LogP contribution < -0.4 is 4.90 Å². The van der Waals surface area contributed by atoms with E-state index in [0.29, 0.717) is 31.3 Å². The molecule has 4 rings (SSSR count). The van der Waals surface area contributed by atoms with Gasteiger partial charge in [-0.3, -0.25) is 14.6 Å². The third-order valence-corrected chi connectivity index (χ3v) is 6.76. The van der Waals surface area contributed by atoms with E-state index in [1.165, 1.54) is 33.9 Å². The molecule has 0 N–H and O–H groups in total. The average Bonchev–Trinajstić information content (AvgIpc) is 3.24. The summed E-state index contributed by atoms with van der Waals surface area (Å²) in [6.07, 6.45) is -2.94. The lowest BCUT2D eigenvalue weighted by molar-refractivity contribution is -0.137. The Morgan fingerprint density at radius 2 is 1.97 bits per heavy atom. The van der Waals surface area contributed by atoms with Gasteiger partial charge in [-0.1, -0.05) is 30.4 Å². The van der Waals surface area contributed by atoms with Crippen LogP contribution >= 0.6 is 11.3 Å². The van der Waals surface area contributed by atoms with Crippen molar-refractivity contribution in [2.24, 2.45) is 0 Å². The van der Waals surface area contributed by atoms with Crippen molar-refractivity contribution in [1.82, 2.24) is 9.88 Å². The number of hydrogen-bond donors (Lipinski definition) is 0. The monoisotopic (exact) mass is 477 g/mol. The second-order valence-corrected chi connectivity index (χ2v) is 9.00. The molecule has 1 aliphatic heterocycles. The summed E-state index contributed by atoms with van der Waals surface area (Å²) in [5.41, 5.74) is 1.12. The third-order valence-electron chi connectivity index (χ3n) is 5.72. The van der Waals surface area contributed by atoms with Gasteiger partial charge >= 0.3 is 6.18 Å². The Kier molecular flexibility index (Phi) is 7.31. The number of carbonyl (C=O) groups excluding carboxylic acids is 1. The van der Waals surface area contributed by atoms with Crippen molar-refractivity contribution >= 4 is 32.6 Å². The van der Waals surface area contributed by atoms with Crippen LogP contribution in [0.3, 0.4) is 0 Å². The Morgan fingerprint density at radius 3 is 2.70 bits per heavy atom. The zero-order chi connectivity index (χ0) is 23.4. The van der Waals surface area contributed by atoms with E-state index in [4.69, 9.17) is 4.74 Å². The zero-order valence-corrected chi connectivity index (χ0v) is 19.2. The number of morpholine rings is 1. The van der Waals surface area contributed by atoms with E-state index in [0.717, 1.165) is 48.4 Å². The van der Waals surface area contributed by atoms with Gasteiger partial charge in [-0.05, 0) is 48.7 Å². The quantitative estimate of drug-likeness (QED) is 0.467. The minimum atomic E-state index is -4.51. The first-order valence-electron chi connectivity index (χ1n) is 11.0. The van der Waals surface area contributed by atoms with Crippen LogP contribution in [0.2, 0.25) is 0 Å². The highest BCUT2D eigenvalue weighted by Crippen LogP contribution is 2.33. The minimum Gasteiger partial charge on any atom is -0.379 e. The molecule has 0 bridgehead atoms. The first kappa shape index (κ1) is 23.7. The molecule has 33 heavy (non-hydrogen) atoms. The molecule has 9 heteroatoms. The van der Waals surface area contributed by atoms with E-state index >= 15 is 0 Å². The standard InChI is InChI=1S/C24H26F3N3O2S/c1-2-17-7-8-20-21(15-17)33-23(28-20)30(10-4-9-29-11-13-32-14-12-29)22(31)18-5-3-6-19(16-18)24(25,26)27/h3,5-8,15-16H,2,4,9-14H2,1H3. The molecule has 0 spiro atoms. The number of aromatic nitrogens is 1. The third kappa shape index (κ3) is 5.72. The summed E-state index contributed by atoms with van der Waals surface area (Å²) in [6, 6.07) is 10.6. The van der Waals surface area contributed by atoms with Crippen molar-refractivity contribution < 1.29 is 22.7 Å². The molecule has 2 aromatic carbocycles. The summed E-state index contributed by atoms with van der Waals surface area (Å²) >= 11 is 1.39. The number of ether oxygens (including phenoxy) is 1. The highest BCUT2D eigenvalue weighted by atomic mass is 32.1. The average molecular weight is 478 g/mol. The molecule has 0 saturated carbocycles. The summed E-state index contributed by atoms with van der Waals surface area (Å²) in [5.74, 6) is -0.474. The van der Waals surface area contributed by atoms with Crippen LogP contribution in [0.1, 0.15) is 34.8 Å². The van der Waals surface area contributed by atoms with Gasteiger partial charge < -0.3 is 4.74 Å². The minimum absolute atomic E-state index is 0.00435. The number of fused-ring (bicyclic) bond motifs is 1. The van der Waals surface area contributed by atoms with Crippen molar-refractivity contribution in [3.63, 3.8) is 0 Å². The lowest BCUT2D eigenvalue weighted by atomic mass is 10.1. The van der Waals surface area contributed by atoms with Gasteiger partial charge in [0.2, 0.25) is 0 Å². The normalized spacial score (nSPS) is 15.2. The maximum absolute atomic E-state index is 13.4. The first-order valence-corrected chi connectivity index (χ1v) is 11.9. The molecule has 1 saturated heterocycles. The topological polar surface area (TPSA) is 45.7 Å². The number of halogens is 3. The smallest absolute Gasteiger partial charge is 0.379 e. The van der Waals surface area contributed by atoms with Crippen LogP contribution in [0.25, 0.3) is 10.2 Å². The predicted octanol–water partition coefficient (Wildman–Crippen LogP) is 5.25. The van der Waals surface area contributed by atoms with Crippen LogP contribution in [-0.2, 0) is 17.3 Å². The number of hydrogen-bond acceptors (Lipinski definition) is 5. The number of alkyl halides is 3. The Bertz CT molecular complexity index is 1110. The number of amides is 1. The summed E-state index contributed by atoms with van der Waals surface area (Å²) < 4.78 is 46.0. The molecule has 1 fully saturated rings. The molecule has 0 atom stereocenters. The Morgan fingerprint density at radius 1 is 1.18 bits per heavy atom.